The Labute approximate surface area is 104 Å². The molecule has 2 aromatic heterocycles. The molecule has 0 unspecified atom stereocenters. The largest absolute Gasteiger partial charge is 0.258 e. The van der Waals surface area contributed by atoms with E-state index in [1.807, 2.05) is 37.3 Å². The van der Waals surface area contributed by atoms with Gasteiger partial charge >= 0.3 is 0 Å². The van der Waals surface area contributed by atoms with Crippen LogP contribution in [0.3, 0.4) is 0 Å². The van der Waals surface area contributed by atoms with Crippen molar-refractivity contribution in [2.45, 2.75) is 6.92 Å². The third-order valence-electron chi connectivity index (χ3n) is 2.54. The van der Waals surface area contributed by atoms with Gasteiger partial charge in [-0.2, -0.15) is 5.10 Å². The molecule has 0 aliphatic heterocycles. The van der Waals surface area contributed by atoms with Gasteiger partial charge in [-0.1, -0.05) is 30.3 Å². The minimum atomic E-state index is 0.626. The molecule has 0 bridgehead atoms. The van der Waals surface area contributed by atoms with Crippen LogP contribution >= 0.6 is 0 Å². The molecule has 0 radical (unpaired) electrons. The highest BCUT2D eigenvalue weighted by Gasteiger charge is 2.08. The molecule has 0 atom stereocenters. The van der Waals surface area contributed by atoms with Crippen LogP contribution in [0.4, 0.5) is 0 Å². The fourth-order valence-electron chi connectivity index (χ4n) is 1.61. The van der Waals surface area contributed by atoms with Crippen LogP contribution in [0.15, 0.2) is 42.7 Å². The summed E-state index contributed by atoms with van der Waals surface area (Å²) in [6.07, 6.45) is 3.39. The second kappa shape index (κ2) is 4.37. The van der Waals surface area contributed by atoms with E-state index in [0.29, 0.717) is 17.3 Å². The Kier molecular flexibility index (Phi) is 2.57. The van der Waals surface area contributed by atoms with E-state index in [-0.39, 0.29) is 0 Å². The number of aromatic amines is 1. The number of benzene rings is 1. The Hall–Kier alpha value is -2.56. The average molecular weight is 237 g/mol. The topological polar surface area (TPSA) is 67.3 Å². The first-order chi connectivity index (χ1) is 8.83. The van der Waals surface area contributed by atoms with E-state index in [9.17, 15) is 0 Å². The summed E-state index contributed by atoms with van der Waals surface area (Å²) in [4.78, 5) is 12.9. The van der Waals surface area contributed by atoms with Crippen LogP contribution in [0.5, 0.6) is 0 Å². The molecule has 0 fully saturated rings. The third kappa shape index (κ3) is 1.98. The molecule has 3 aromatic rings. The molecule has 0 spiro atoms. The van der Waals surface area contributed by atoms with Crippen molar-refractivity contribution in [1.29, 1.82) is 0 Å². The number of aromatic nitrogens is 5. The number of aryl methyl sites for hydroxylation is 1. The van der Waals surface area contributed by atoms with Crippen molar-refractivity contribution in [2.75, 3.05) is 0 Å². The van der Waals surface area contributed by atoms with Crippen LogP contribution in [-0.2, 0) is 0 Å². The molecule has 0 aliphatic carbocycles. The molecule has 0 saturated carbocycles. The number of hydrogen-bond donors (Lipinski definition) is 1. The first kappa shape index (κ1) is 10.6. The van der Waals surface area contributed by atoms with E-state index >= 15 is 0 Å². The highest BCUT2D eigenvalue weighted by atomic mass is 15.2. The smallest absolute Gasteiger partial charge is 0.181 e. The lowest BCUT2D eigenvalue weighted by Gasteiger charge is -1.94. The minimum absolute atomic E-state index is 0.626. The number of nitrogens with zero attached hydrogens (tertiary/aromatic N) is 4. The summed E-state index contributed by atoms with van der Waals surface area (Å²) in [6, 6.07) is 9.80. The third-order valence-corrected chi connectivity index (χ3v) is 2.54. The SMILES string of the molecule is Cc1cnc(-c2nc(-c3ccccc3)n[nH]2)cn1. The lowest BCUT2D eigenvalue weighted by Crippen LogP contribution is -1.89. The van der Waals surface area contributed by atoms with Crippen molar-refractivity contribution in [3.05, 3.63) is 48.4 Å². The van der Waals surface area contributed by atoms with Gasteiger partial charge in [-0.05, 0) is 6.92 Å². The van der Waals surface area contributed by atoms with Gasteiger partial charge in [0.2, 0.25) is 0 Å². The van der Waals surface area contributed by atoms with Crippen molar-refractivity contribution >= 4 is 0 Å². The maximum Gasteiger partial charge on any atom is 0.181 e. The standard InChI is InChI=1S/C13H11N5/c1-9-7-15-11(8-14-9)13-16-12(17-18-13)10-5-3-2-4-6-10/h2-8H,1H3,(H,16,17,18). The predicted octanol–water partition coefficient (Wildman–Crippen LogP) is 2.24. The molecule has 0 saturated heterocycles. The second-order valence-corrected chi connectivity index (χ2v) is 3.92. The summed E-state index contributed by atoms with van der Waals surface area (Å²) in [5.74, 6) is 1.29. The predicted molar refractivity (Wildman–Crippen MR) is 67.6 cm³/mol. The van der Waals surface area contributed by atoms with Gasteiger partial charge in [0, 0.05) is 11.8 Å². The first-order valence-corrected chi connectivity index (χ1v) is 5.60. The molecule has 5 nitrogen and oxygen atoms in total. The summed E-state index contributed by atoms with van der Waals surface area (Å²) < 4.78 is 0. The van der Waals surface area contributed by atoms with Crippen molar-refractivity contribution in [3.8, 4) is 22.9 Å². The highest BCUT2D eigenvalue weighted by Crippen LogP contribution is 2.17. The zero-order valence-corrected chi connectivity index (χ0v) is 9.83. The van der Waals surface area contributed by atoms with Crippen molar-refractivity contribution < 1.29 is 0 Å². The Morgan fingerprint density at radius 1 is 1.00 bits per heavy atom. The lowest BCUT2D eigenvalue weighted by atomic mass is 10.2. The Morgan fingerprint density at radius 2 is 1.83 bits per heavy atom. The van der Waals surface area contributed by atoms with Crippen LogP contribution in [-0.4, -0.2) is 25.1 Å². The highest BCUT2D eigenvalue weighted by molar-refractivity contribution is 5.58. The molecule has 5 heteroatoms. The lowest BCUT2D eigenvalue weighted by molar-refractivity contribution is 1.06. The fourth-order valence-corrected chi connectivity index (χ4v) is 1.61. The molecule has 88 valence electrons. The molecule has 0 amide bonds. The molecule has 2 heterocycles. The van der Waals surface area contributed by atoms with Gasteiger partial charge in [-0.25, -0.2) is 9.97 Å². The zero-order chi connectivity index (χ0) is 12.4. The van der Waals surface area contributed by atoms with E-state index < -0.39 is 0 Å². The van der Waals surface area contributed by atoms with Crippen molar-refractivity contribution in [2.24, 2.45) is 0 Å². The van der Waals surface area contributed by atoms with Gasteiger partial charge < -0.3 is 0 Å². The Balaban J connectivity index is 1.97. The van der Waals surface area contributed by atoms with Gasteiger partial charge in [-0.15, -0.1) is 0 Å². The quantitative estimate of drug-likeness (QED) is 0.742. The number of hydrogen-bond acceptors (Lipinski definition) is 4. The number of nitrogens with one attached hydrogen (secondary N) is 1. The van der Waals surface area contributed by atoms with E-state index in [2.05, 4.69) is 25.1 Å². The Morgan fingerprint density at radius 3 is 2.56 bits per heavy atom. The average Bonchev–Trinajstić information content (AvgIpc) is 2.90. The molecule has 0 aliphatic rings. The number of rotatable bonds is 2. The Bertz CT molecular complexity index is 643. The van der Waals surface area contributed by atoms with Gasteiger partial charge in [-0.3, -0.25) is 10.1 Å². The van der Waals surface area contributed by atoms with E-state index in [1.54, 1.807) is 12.4 Å². The van der Waals surface area contributed by atoms with Gasteiger partial charge in [0.1, 0.15) is 5.69 Å². The van der Waals surface area contributed by atoms with Gasteiger partial charge in [0.05, 0.1) is 11.9 Å². The summed E-state index contributed by atoms with van der Waals surface area (Å²) in [5.41, 5.74) is 2.54. The first-order valence-electron chi connectivity index (χ1n) is 5.60. The summed E-state index contributed by atoms with van der Waals surface area (Å²) in [7, 11) is 0. The summed E-state index contributed by atoms with van der Waals surface area (Å²) >= 11 is 0. The second-order valence-electron chi connectivity index (χ2n) is 3.92. The van der Waals surface area contributed by atoms with E-state index in [1.165, 1.54) is 0 Å². The monoisotopic (exact) mass is 237 g/mol. The molecular formula is C13H11N5. The van der Waals surface area contributed by atoms with E-state index in [0.717, 1.165) is 11.3 Å². The summed E-state index contributed by atoms with van der Waals surface area (Å²) in [5, 5.41) is 7.06. The fraction of sp³-hybridized carbons (Fsp3) is 0.0769. The normalized spacial score (nSPS) is 10.5. The van der Waals surface area contributed by atoms with Crippen molar-refractivity contribution in [3.63, 3.8) is 0 Å². The maximum absolute atomic E-state index is 4.41. The zero-order valence-electron chi connectivity index (χ0n) is 9.83. The van der Waals surface area contributed by atoms with Gasteiger partial charge in [0.25, 0.3) is 0 Å². The maximum atomic E-state index is 4.41. The van der Waals surface area contributed by atoms with Crippen molar-refractivity contribution in [1.82, 2.24) is 25.1 Å². The minimum Gasteiger partial charge on any atom is -0.258 e. The van der Waals surface area contributed by atoms with Gasteiger partial charge in [0.15, 0.2) is 11.6 Å². The summed E-state index contributed by atoms with van der Waals surface area (Å²) in [6.45, 7) is 1.90. The van der Waals surface area contributed by atoms with Crippen LogP contribution < -0.4 is 0 Å². The van der Waals surface area contributed by atoms with E-state index in [4.69, 9.17) is 0 Å². The van der Waals surface area contributed by atoms with Crippen LogP contribution in [0.1, 0.15) is 5.69 Å². The number of H-pyrrole nitrogens is 1. The van der Waals surface area contributed by atoms with Crippen LogP contribution in [0, 0.1) is 6.92 Å². The molecule has 1 aromatic carbocycles. The molecule has 1 N–H and O–H groups in total. The van der Waals surface area contributed by atoms with Crippen LogP contribution in [0.2, 0.25) is 0 Å². The molecule has 3 rings (SSSR count). The molecule has 18 heavy (non-hydrogen) atoms. The van der Waals surface area contributed by atoms with Crippen LogP contribution in [0.25, 0.3) is 22.9 Å². The molecular weight excluding hydrogens is 226 g/mol.